The van der Waals surface area contributed by atoms with Crippen LogP contribution in [0.1, 0.15) is 13.8 Å². The van der Waals surface area contributed by atoms with E-state index in [2.05, 4.69) is 44.6 Å². The van der Waals surface area contributed by atoms with Gasteiger partial charge in [0, 0.05) is 7.05 Å². The number of likely N-dealkylation sites (N-methyl/N-ethyl adjacent to an activating group) is 1. The normalized spacial score (nSPS) is 20.6. The lowest BCUT2D eigenvalue weighted by Gasteiger charge is -2.31. The molecule has 7 heteroatoms. The van der Waals surface area contributed by atoms with Crippen LogP contribution in [0.4, 0.5) is 4.79 Å². The molecule has 6 nitrogen and oxygen atoms in total. The molecule has 2 heterocycles. The molecular weight excluding hydrogens is 336 g/mol. The number of hydrogen-bond donors (Lipinski definition) is 0. The predicted molar refractivity (Wildman–Crippen MR) is 82.1 cm³/mol. The first-order valence-corrected chi connectivity index (χ1v) is 7.08. The first-order chi connectivity index (χ1) is 10.0. The molecule has 1 atom stereocenters. The Kier molecular flexibility index (Phi) is 4.44. The number of hydrogen-bond acceptors (Lipinski definition) is 3. The summed E-state index contributed by atoms with van der Waals surface area (Å²) in [5.74, 6) is 11.2. The number of urea groups is 1. The molecule has 2 rings (SSSR count). The molecule has 2 aliphatic heterocycles. The highest BCUT2D eigenvalue weighted by Gasteiger charge is 2.53. The Morgan fingerprint density at radius 2 is 1.95 bits per heavy atom. The van der Waals surface area contributed by atoms with Crippen LogP contribution < -0.4 is 0 Å². The molecule has 0 spiro atoms. The third kappa shape index (κ3) is 2.57. The van der Waals surface area contributed by atoms with E-state index in [0.29, 0.717) is 17.1 Å². The maximum atomic E-state index is 12.6. The van der Waals surface area contributed by atoms with E-state index < -0.39 is 12.1 Å². The Bertz CT molecular complexity index is 687. The van der Waals surface area contributed by atoms with E-state index in [-0.39, 0.29) is 12.5 Å². The molecule has 1 unspecified atom stereocenters. The van der Waals surface area contributed by atoms with Crippen LogP contribution >= 0.6 is 15.9 Å². The van der Waals surface area contributed by atoms with Gasteiger partial charge in [-0.25, -0.2) is 14.3 Å². The van der Waals surface area contributed by atoms with Crippen molar-refractivity contribution in [1.29, 1.82) is 0 Å². The van der Waals surface area contributed by atoms with Crippen LogP contribution in [0.2, 0.25) is 0 Å². The number of amidine groups is 2. The number of aliphatic imine (C=N–C) groups is 1. The number of nitrogens with zero attached hydrogens (tertiary/aromatic N) is 4. The summed E-state index contributed by atoms with van der Waals surface area (Å²) >= 11 is 3.32. The number of imide groups is 1. The van der Waals surface area contributed by atoms with Gasteiger partial charge in [0.25, 0.3) is 17.8 Å². The van der Waals surface area contributed by atoms with Gasteiger partial charge >= 0.3 is 10.8 Å². The minimum absolute atomic E-state index is 0.0766. The van der Waals surface area contributed by atoms with Crippen molar-refractivity contribution in [3.63, 3.8) is 0 Å². The molecule has 0 aromatic carbocycles. The van der Waals surface area contributed by atoms with Crippen molar-refractivity contribution in [3.05, 3.63) is 0 Å². The Morgan fingerprint density at radius 3 is 2.57 bits per heavy atom. The fourth-order valence-corrected chi connectivity index (χ4v) is 2.63. The average Bonchev–Trinajstić information content (AvgIpc) is 2.80. The zero-order chi connectivity index (χ0) is 15.6. The largest absolute Gasteiger partial charge is 0.365 e. The van der Waals surface area contributed by atoms with Crippen molar-refractivity contribution >= 4 is 38.4 Å². The van der Waals surface area contributed by atoms with Gasteiger partial charge in [-0.2, -0.15) is 0 Å². The van der Waals surface area contributed by atoms with E-state index in [9.17, 15) is 9.59 Å². The first-order valence-electron chi connectivity index (χ1n) is 6.28. The van der Waals surface area contributed by atoms with Crippen molar-refractivity contribution in [2.45, 2.75) is 19.9 Å². The second kappa shape index (κ2) is 6.11. The van der Waals surface area contributed by atoms with Gasteiger partial charge < -0.3 is 0 Å². The van der Waals surface area contributed by atoms with Crippen LogP contribution in [0.5, 0.6) is 0 Å². The van der Waals surface area contributed by atoms with Crippen LogP contribution in [0, 0.1) is 23.7 Å². The predicted octanol–water partition coefficient (Wildman–Crippen LogP) is 0.471. The van der Waals surface area contributed by atoms with Gasteiger partial charge in [0.05, 0.1) is 22.5 Å². The number of rotatable bonds is 2. The Morgan fingerprint density at radius 1 is 1.29 bits per heavy atom. The van der Waals surface area contributed by atoms with Crippen molar-refractivity contribution < 1.29 is 14.2 Å². The molecule has 0 saturated carbocycles. The standard InChI is InChI=1S/C14H14BrN4O2/c1-4-6-8-18-10-11(16-13(18)15)17(3)14(21)19(12(10)20)9-7-5-2/h10H,8-9H2,1-3H3/q+1. The van der Waals surface area contributed by atoms with Gasteiger partial charge in [-0.1, -0.05) is 11.8 Å². The monoisotopic (exact) mass is 349 g/mol. The van der Waals surface area contributed by atoms with Crippen molar-refractivity contribution in [2.24, 2.45) is 4.99 Å². The molecule has 0 aromatic rings. The zero-order valence-electron chi connectivity index (χ0n) is 12.0. The van der Waals surface area contributed by atoms with E-state index in [1.807, 2.05) is 0 Å². The molecule has 0 radical (unpaired) electrons. The second-order valence-corrected chi connectivity index (χ2v) is 5.10. The molecule has 0 aliphatic carbocycles. The number of fused-ring (bicyclic) bond motifs is 1. The number of carbonyl (C=O) groups excluding carboxylic acids is 2. The summed E-state index contributed by atoms with van der Waals surface area (Å²) < 4.78 is 2.23. The van der Waals surface area contributed by atoms with E-state index in [1.165, 1.54) is 4.90 Å². The van der Waals surface area contributed by atoms with Crippen LogP contribution in [0.3, 0.4) is 0 Å². The van der Waals surface area contributed by atoms with E-state index in [1.54, 1.807) is 25.5 Å². The van der Waals surface area contributed by atoms with Gasteiger partial charge in [-0.3, -0.25) is 9.69 Å². The quantitative estimate of drug-likeness (QED) is 0.413. The summed E-state index contributed by atoms with van der Waals surface area (Å²) in [5.41, 5.74) is 0. The molecular formula is C14H14BrN4O2+. The smallest absolute Gasteiger partial charge is 0.269 e. The van der Waals surface area contributed by atoms with E-state index in [0.717, 1.165) is 4.90 Å². The molecule has 21 heavy (non-hydrogen) atoms. The summed E-state index contributed by atoms with van der Waals surface area (Å²) in [6.07, 6.45) is 0. The van der Waals surface area contributed by atoms with Gasteiger partial charge in [0.2, 0.25) is 0 Å². The molecule has 1 saturated heterocycles. The second-order valence-electron chi connectivity index (χ2n) is 4.39. The molecule has 0 aromatic heterocycles. The highest BCUT2D eigenvalue weighted by molar-refractivity contribution is 9.18. The van der Waals surface area contributed by atoms with E-state index >= 15 is 0 Å². The summed E-state index contributed by atoms with van der Waals surface area (Å²) in [5, 5.41) is 0. The maximum absolute atomic E-state index is 12.6. The number of carbonyl (C=O) groups is 2. The Hall–Kier alpha value is -2.12. The molecule has 1 fully saturated rings. The van der Waals surface area contributed by atoms with Crippen molar-refractivity contribution in [2.75, 3.05) is 20.1 Å². The minimum Gasteiger partial charge on any atom is -0.269 e. The topological polar surface area (TPSA) is 56.0 Å². The first kappa shape index (κ1) is 15.3. The van der Waals surface area contributed by atoms with Gasteiger partial charge in [-0.05, 0) is 18.8 Å². The molecule has 0 N–H and O–H groups in total. The Balaban J connectivity index is 2.39. The molecule has 108 valence electrons. The van der Waals surface area contributed by atoms with Crippen LogP contribution in [-0.2, 0) is 4.79 Å². The van der Waals surface area contributed by atoms with Gasteiger partial charge in [-0.15, -0.1) is 11.8 Å². The number of halogens is 1. The lowest BCUT2D eigenvalue weighted by molar-refractivity contribution is -0.520. The van der Waals surface area contributed by atoms with Crippen LogP contribution in [0.25, 0.3) is 0 Å². The van der Waals surface area contributed by atoms with Crippen molar-refractivity contribution in [1.82, 2.24) is 9.80 Å². The molecule has 0 bridgehead atoms. The van der Waals surface area contributed by atoms with Gasteiger partial charge in [0.15, 0.2) is 0 Å². The minimum atomic E-state index is -0.637. The zero-order valence-corrected chi connectivity index (χ0v) is 13.6. The summed E-state index contributed by atoms with van der Waals surface area (Å²) in [4.78, 5) is 31.6. The third-order valence-corrected chi connectivity index (χ3v) is 3.83. The lowest BCUT2D eigenvalue weighted by atomic mass is 10.1. The summed E-state index contributed by atoms with van der Waals surface area (Å²) in [6, 6.07) is -1.05. The van der Waals surface area contributed by atoms with Crippen molar-refractivity contribution in [3.8, 4) is 23.7 Å². The third-order valence-electron chi connectivity index (χ3n) is 3.20. The van der Waals surface area contributed by atoms with Crippen LogP contribution in [-0.4, -0.2) is 63.1 Å². The van der Waals surface area contributed by atoms with E-state index in [4.69, 9.17) is 0 Å². The highest BCUT2D eigenvalue weighted by Crippen LogP contribution is 2.20. The molecule has 3 amide bonds. The lowest BCUT2D eigenvalue weighted by Crippen LogP contribution is -2.62. The Labute approximate surface area is 131 Å². The average molecular weight is 350 g/mol. The molecule has 2 aliphatic rings. The number of amides is 3. The summed E-state index contributed by atoms with van der Waals surface area (Å²) in [6.45, 7) is 3.83. The highest BCUT2D eigenvalue weighted by atomic mass is 79.9. The fourth-order valence-electron chi connectivity index (χ4n) is 2.11. The van der Waals surface area contributed by atoms with Gasteiger partial charge in [0.1, 0.15) is 6.54 Å². The summed E-state index contributed by atoms with van der Waals surface area (Å²) in [7, 11) is 1.60. The maximum Gasteiger partial charge on any atom is 0.365 e. The SMILES string of the molecule is CC#CCN1C(=O)C2C(=NC(Br)=[N+]2CC#CC)N(C)C1=O. The fraction of sp³-hybridized carbons (Fsp3) is 0.429. The van der Waals surface area contributed by atoms with Crippen LogP contribution in [0.15, 0.2) is 4.99 Å².